The number of imidazole rings is 1. The number of carbonyl (C=O) groups is 2. The molecule has 0 saturated carbocycles. The van der Waals surface area contributed by atoms with E-state index in [-0.39, 0.29) is 5.91 Å². The number of methoxy groups -OCH3 is 1. The van der Waals surface area contributed by atoms with Crippen LogP contribution in [0.5, 0.6) is 0 Å². The van der Waals surface area contributed by atoms with Gasteiger partial charge in [0.2, 0.25) is 5.91 Å². The van der Waals surface area contributed by atoms with Crippen molar-refractivity contribution in [1.29, 1.82) is 0 Å². The van der Waals surface area contributed by atoms with E-state index in [9.17, 15) is 9.59 Å². The number of nitrogens with one attached hydrogen (secondary N) is 1. The van der Waals surface area contributed by atoms with Gasteiger partial charge in [-0.1, -0.05) is 23.7 Å². The van der Waals surface area contributed by atoms with E-state index in [0.29, 0.717) is 23.0 Å². The Balaban J connectivity index is 1.60. The number of benzene rings is 1. The molecule has 0 radical (unpaired) electrons. The highest BCUT2D eigenvalue weighted by Gasteiger charge is 2.09. The van der Waals surface area contributed by atoms with Gasteiger partial charge in [0.1, 0.15) is 0 Å². The van der Waals surface area contributed by atoms with Crippen molar-refractivity contribution in [3.63, 3.8) is 0 Å². The summed E-state index contributed by atoms with van der Waals surface area (Å²) >= 11 is 7.54. The molecule has 3 rings (SSSR count). The first-order chi connectivity index (χ1) is 12.1. The summed E-state index contributed by atoms with van der Waals surface area (Å²) in [6.07, 6.45) is 4.89. The predicted molar refractivity (Wildman–Crippen MR) is 96.7 cm³/mol. The van der Waals surface area contributed by atoms with Crippen molar-refractivity contribution in [3.8, 4) is 0 Å². The van der Waals surface area contributed by atoms with Crippen molar-refractivity contribution in [2.24, 2.45) is 0 Å². The first kappa shape index (κ1) is 17.2. The van der Waals surface area contributed by atoms with E-state index in [1.165, 1.54) is 24.5 Å². The average molecular weight is 376 g/mol. The molecule has 1 N–H and O–H groups in total. The molecule has 0 unspecified atom stereocenters. The van der Waals surface area contributed by atoms with Gasteiger partial charge in [0.05, 0.1) is 18.4 Å². The van der Waals surface area contributed by atoms with Gasteiger partial charge in [-0.3, -0.25) is 9.20 Å². The standard InChI is InChI=1S/C17H14ClN3O3S/c1-24-16(23)12-4-2-11(3-5-12)10-19-14(22)7-6-13-15(18)20-17-21(13)8-9-25-17/h2-9H,10H2,1H3,(H,19,22)/b7-6+. The first-order valence-electron chi connectivity index (χ1n) is 7.32. The highest BCUT2D eigenvalue weighted by atomic mass is 35.5. The third kappa shape index (κ3) is 3.89. The fourth-order valence-electron chi connectivity index (χ4n) is 2.21. The molecule has 6 nitrogen and oxygen atoms in total. The molecule has 0 aliphatic heterocycles. The number of halogens is 1. The maximum atomic E-state index is 12.0. The third-order valence-electron chi connectivity index (χ3n) is 3.49. The Morgan fingerprint density at radius 2 is 2.12 bits per heavy atom. The lowest BCUT2D eigenvalue weighted by Gasteiger charge is -2.04. The molecule has 1 amide bonds. The smallest absolute Gasteiger partial charge is 0.337 e. The first-order valence-corrected chi connectivity index (χ1v) is 8.58. The molecule has 8 heteroatoms. The van der Waals surface area contributed by atoms with Crippen LogP contribution in [-0.4, -0.2) is 28.4 Å². The Morgan fingerprint density at radius 3 is 2.84 bits per heavy atom. The lowest BCUT2D eigenvalue weighted by atomic mass is 10.1. The van der Waals surface area contributed by atoms with E-state index in [1.54, 1.807) is 30.3 Å². The Kier molecular flexibility index (Phi) is 5.16. The monoisotopic (exact) mass is 375 g/mol. The van der Waals surface area contributed by atoms with E-state index >= 15 is 0 Å². The van der Waals surface area contributed by atoms with Gasteiger partial charge in [0.25, 0.3) is 0 Å². The number of thiazole rings is 1. The van der Waals surface area contributed by atoms with Crippen LogP contribution >= 0.6 is 22.9 Å². The molecule has 25 heavy (non-hydrogen) atoms. The fraction of sp³-hybridized carbons (Fsp3) is 0.118. The Labute approximate surface area is 152 Å². The van der Waals surface area contributed by atoms with Crippen LogP contribution in [-0.2, 0) is 16.1 Å². The number of carbonyl (C=O) groups excluding carboxylic acids is 2. The second kappa shape index (κ2) is 7.50. The zero-order valence-electron chi connectivity index (χ0n) is 13.2. The number of rotatable bonds is 5. The molecule has 0 atom stereocenters. The number of nitrogens with zero attached hydrogens (tertiary/aromatic N) is 2. The molecule has 2 heterocycles. The molecule has 0 fully saturated rings. The Bertz CT molecular complexity index is 944. The van der Waals surface area contributed by atoms with E-state index < -0.39 is 5.97 Å². The molecule has 1 aromatic carbocycles. The normalized spacial score (nSPS) is 11.1. The van der Waals surface area contributed by atoms with Gasteiger partial charge in [-0.25, -0.2) is 9.78 Å². The number of esters is 1. The van der Waals surface area contributed by atoms with Gasteiger partial charge >= 0.3 is 5.97 Å². The minimum atomic E-state index is -0.393. The van der Waals surface area contributed by atoms with Gasteiger partial charge < -0.3 is 10.1 Å². The van der Waals surface area contributed by atoms with Crippen LogP contribution in [0.25, 0.3) is 11.0 Å². The van der Waals surface area contributed by atoms with Crippen molar-refractivity contribution in [3.05, 3.63) is 63.9 Å². The summed E-state index contributed by atoms with van der Waals surface area (Å²) < 4.78 is 6.46. The molecule has 2 aromatic heterocycles. The lowest BCUT2D eigenvalue weighted by Crippen LogP contribution is -2.20. The van der Waals surface area contributed by atoms with Gasteiger partial charge in [-0.15, -0.1) is 11.3 Å². The quantitative estimate of drug-likeness (QED) is 0.549. The van der Waals surface area contributed by atoms with Crippen LogP contribution in [0.1, 0.15) is 21.6 Å². The topological polar surface area (TPSA) is 72.7 Å². The van der Waals surface area contributed by atoms with Crippen molar-refractivity contribution in [2.45, 2.75) is 6.54 Å². The van der Waals surface area contributed by atoms with Gasteiger partial charge in [-0.05, 0) is 23.8 Å². The van der Waals surface area contributed by atoms with Crippen molar-refractivity contribution < 1.29 is 14.3 Å². The highest BCUT2D eigenvalue weighted by Crippen LogP contribution is 2.22. The second-order valence-corrected chi connectivity index (χ2v) is 6.31. The Morgan fingerprint density at radius 1 is 1.36 bits per heavy atom. The second-order valence-electron chi connectivity index (χ2n) is 5.08. The van der Waals surface area contributed by atoms with Crippen LogP contribution in [0.3, 0.4) is 0 Å². The van der Waals surface area contributed by atoms with E-state index in [0.717, 1.165) is 10.5 Å². The summed E-state index contributed by atoms with van der Waals surface area (Å²) in [4.78, 5) is 28.3. The lowest BCUT2D eigenvalue weighted by molar-refractivity contribution is -0.116. The van der Waals surface area contributed by atoms with Crippen LogP contribution in [0.2, 0.25) is 5.15 Å². The van der Waals surface area contributed by atoms with E-state index in [4.69, 9.17) is 11.6 Å². The molecule has 128 valence electrons. The predicted octanol–water partition coefficient (Wildman–Crippen LogP) is 3.17. The van der Waals surface area contributed by atoms with E-state index in [1.807, 2.05) is 16.0 Å². The minimum absolute atomic E-state index is 0.252. The summed E-state index contributed by atoms with van der Waals surface area (Å²) in [6, 6.07) is 6.84. The maximum absolute atomic E-state index is 12.0. The number of aromatic nitrogens is 2. The average Bonchev–Trinajstić information content (AvgIpc) is 3.18. The fourth-order valence-corrected chi connectivity index (χ4v) is 3.21. The summed E-state index contributed by atoms with van der Waals surface area (Å²) in [5.74, 6) is -0.644. The molecule has 0 aliphatic carbocycles. The van der Waals surface area contributed by atoms with Crippen LogP contribution < -0.4 is 5.32 Å². The summed E-state index contributed by atoms with van der Waals surface area (Å²) in [5.41, 5.74) is 2.00. The number of amides is 1. The number of fused-ring (bicyclic) bond motifs is 1. The molecule has 3 aromatic rings. The Hall–Kier alpha value is -2.64. The van der Waals surface area contributed by atoms with Gasteiger partial charge in [0.15, 0.2) is 10.1 Å². The van der Waals surface area contributed by atoms with Crippen LogP contribution in [0, 0.1) is 0 Å². The molecular weight excluding hydrogens is 362 g/mol. The summed E-state index contributed by atoms with van der Waals surface area (Å²) in [7, 11) is 1.33. The number of ether oxygens (including phenoxy) is 1. The highest BCUT2D eigenvalue weighted by molar-refractivity contribution is 7.15. The zero-order chi connectivity index (χ0) is 17.8. The van der Waals surface area contributed by atoms with Crippen molar-refractivity contribution in [1.82, 2.24) is 14.7 Å². The minimum Gasteiger partial charge on any atom is -0.465 e. The molecule has 0 spiro atoms. The molecule has 0 aliphatic rings. The molecule has 0 saturated heterocycles. The zero-order valence-corrected chi connectivity index (χ0v) is 14.8. The summed E-state index contributed by atoms with van der Waals surface area (Å²) in [6.45, 7) is 0.346. The number of hydrogen-bond acceptors (Lipinski definition) is 5. The van der Waals surface area contributed by atoms with Crippen LogP contribution in [0.4, 0.5) is 0 Å². The van der Waals surface area contributed by atoms with Crippen molar-refractivity contribution >= 4 is 45.9 Å². The third-order valence-corrected chi connectivity index (χ3v) is 4.52. The summed E-state index contributed by atoms with van der Waals surface area (Å²) in [5, 5.41) is 5.03. The van der Waals surface area contributed by atoms with Gasteiger partial charge in [-0.2, -0.15) is 0 Å². The molecular formula is C17H14ClN3O3S. The van der Waals surface area contributed by atoms with E-state index in [2.05, 4.69) is 15.0 Å². The van der Waals surface area contributed by atoms with Crippen LogP contribution in [0.15, 0.2) is 41.9 Å². The van der Waals surface area contributed by atoms with Crippen molar-refractivity contribution in [2.75, 3.05) is 7.11 Å². The maximum Gasteiger partial charge on any atom is 0.337 e. The SMILES string of the molecule is COC(=O)c1ccc(CNC(=O)/C=C/c2c(Cl)nc3sccn23)cc1. The molecule has 0 bridgehead atoms. The largest absolute Gasteiger partial charge is 0.465 e. The van der Waals surface area contributed by atoms with Gasteiger partial charge in [0, 0.05) is 24.2 Å². The number of hydrogen-bond donors (Lipinski definition) is 1.